The molecule has 0 aliphatic carbocycles. The molecule has 1 heterocycles. The van der Waals surface area contributed by atoms with E-state index in [9.17, 15) is 0 Å². The van der Waals surface area contributed by atoms with Crippen molar-refractivity contribution < 1.29 is 4.74 Å². The van der Waals surface area contributed by atoms with Crippen LogP contribution in [0.5, 0.6) is 0 Å². The van der Waals surface area contributed by atoms with E-state index in [1.807, 2.05) is 0 Å². The van der Waals surface area contributed by atoms with E-state index < -0.39 is 0 Å². The number of ether oxygens (including phenoxy) is 1. The molecule has 0 radical (unpaired) electrons. The monoisotopic (exact) mass is 276 g/mol. The Kier molecular flexibility index (Phi) is 5.44. The van der Waals surface area contributed by atoms with Crippen molar-refractivity contribution in [1.29, 1.82) is 0 Å². The van der Waals surface area contributed by atoms with Gasteiger partial charge in [-0.05, 0) is 44.5 Å². The zero-order chi connectivity index (χ0) is 14.4. The largest absolute Gasteiger partial charge is 0.381 e. The van der Waals surface area contributed by atoms with E-state index in [0.29, 0.717) is 0 Å². The molecular weight excluding hydrogens is 248 g/mol. The SMILES string of the molecule is CCNCC1(CN(CC)c2cccc(C)c2)CCOC1. The first kappa shape index (κ1) is 15.3. The number of nitrogens with one attached hydrogen (secondary N) is 1. The summed E-state index contributed by atoms with van der Waals surface area (Å²) in [6.07, 6.45) is 1.16. The van der Waals surface area contributed by atoms with Gasteiger partial charge in [0.05, 0.1) is 6.61 Å². The lowest BCUT2D eigenvalue weighted by atomic mass is 9.86. The van der Waals surface area contributed by atoms with Crippen LogP contribution in [-0.2, 0) is 4.74 Å². The van der Waals surface area contributed by atoms with Gasteiger partial charge in [0.1, 0.15) is 0 Å². The second kappa shape index (κ2) is 7.09. The maximum Gasteiger partial charge on any atom is 0.0552 e. The summed E-state index contributed by atoms with van der Waals surface area (Å²) in [4.78, 5) is 2.49. The van der Waals surface area contributed by atoms with Crippen molar-refractivity contribution in [2.24, 2.45) is 5.41 Å². The van der Waals surface area contributed by atoms with E-state index >= 15 is 0 Å². The molecule has 1 fully saturated rings. The van der Waals surface area contributed by atoms with Crippen molar-refractivity contribution in [1.82, 2.24) is 5.32 Å². The summed E-state index contributed by atoms with van der Waals surface area (Å²) < 4.78 is 5.70. The third-order valence-electron chi connectivity index (χ3n) is 4.21. The highest BCUT2D eigenvalue weighted by atomic mass is 16.5. The zero-order valence-corrected chi connectivity index (χ0v) is 13.1. The lowest BCUT2D eigenvalue weighted by Crippen LogP contribution is -2.45. The van der Waals surface area contributed by atoms with Crippen LogP contribution in [0, 0.1) is 12.3 Å². The molecule has 0 aromatic heterocycles. The maximum absolute atomic E-state index is 5.70. The van der Waals surface area contributed by atoms with Crippen molar-refractivity contribution in [2.75, 3.05) is 44.3 Å². The number of rotatable bonds is 7. The lowest BCUT2D eigenvalue weighted by molar-refractivity contribution is 0.152. The minimum absolute atomic E-state index is 0.260. The van der Waals surface area contributed by atoms with E-state index in [1.54, 1.807) is 0 Å². The van der Waals surface area contributed by atoms with Crippen LogP contribution >= 0.6 is 0 Å². The Balaban J connectivity index is 2.10. The predicted molar refractivity (Wildman–Crippen MR) is 85.5 cm³/mol. The molecule has 0 saturated carbocycles. The Morgan fingerprint density at radius 3 is 2.80 bits per heavy atom. The Morgan fingerprint density at radius 1 is 1.35 bits per heavy atom. The smallest absolute Gasteiger partial charge is 0.0552 e. The molecule has 3 nitrogen and oxygen atoms in total. The molecule has 1 aliphatic heterocycles. The van der Waals surface area contributed by atoms with E-state index in [2.05, 4.69) is 55.3 Å². The van der Waals surface area contributed by atoms with Crippen molar-refractivity contribution >= 4 is 5.69 Å². The van der Waals surface area contributed by atoms with Crippen molar-refractivity contribution in [3.8, 4) is 0 Å². The van der Waals surface area contributed by atoms with E-state index in [0.717, 1.165) is 45.8 Å². The van der Waals surface area contributed by atoms with Crippen LogP contribution in [0.2, 0.25) is 0 Å². The van der Waals surface area contributed by atoms with Crippen LogP contribution in [0.3, 0.4) is 0 Å². The molecule has 1 unspecified atom stereocenters. The van der Waals surface area contributed by atoms with E-state index in [1.165, 1.54) is 11.3 Å². The highest BCUT2D eigenvalue weighted by Crippen LogP contribution is 2.31. The lowest BCUT2D eigenvalue weighted by Gasteiger charge is -2.35. The molecule has 1 saturated heterocycles. The molecule has 2 rings (SSSR count). The summed E-state index contributed by atoms with van der Waals surface area (Å²) in [5.41, 5.74) is 2.91. The van der Waals surface area contributed by atoms with Crippen molar-refractivity contribution in [2.45, 2.75) is 27.2 Å². The third kappa shape index (κ3) is 3.74. The number of hydrogen-bond acceptors (Lipinski definition) is 3. The summed E-state index contributed by atoms with van der Waals surface area (Å²) in [6, 6.07) is 8.80. The second-order valence-corrected chi connectivity index (χ2v) is 5.94. The van der Waals surface area contributed by atoms with Gasteiger partial charge in [-0.1, -0.05) is 19.1 Å². The van der Waals surface area contributed by atoms with Crippen LogP contribution < -0.4 is 10.2 Å². The van der Waals surface area contributed by atoms with Crippen molar-refractivity contribution in [3.05, 3.63) is 29.8 Å². The molecule has 1 atom stereocenters. The molecule has 1 aliphatic rings. The standard InChI is InChI=1S/C17H28N2O/c1-4-18-12-17(9-10-20-14-17)13-19(5-2)16-8-6-7-15(3)11-16/h6-8,11,18H,4-5,9-10,12-14H2,1-3H3. The average Bonchev–Trinajstić information content (AvgIpc) is 2.92. The molecule has 1 aromatic carbocycles. The summed E-state index contributed by atoms with van der Waals surface area (Å²) in [5, 5.41) is 3.52. The van der Waals surface area contributed by atoms with Crippen LogP contribution in [0.25, 0.3) is 0 Å². The quantitative estimate of drug-likeness (QED) is 0.829. The van der Waals surface area contributed by atoms with Gasteiger partial charge in [0.15, 0.2) is 0 Å². The first-order valence-electron chi connectivity index (χ1n) is 7.79. The van der Waals surface area contributed by atoms with Crippen molar-refractivity contribution in [3.63, 3.8) is 0 Å². The first-order chi connectivity index (χ1) is 9.69. The molecule has 1 aromatic rings. The topological polar surface area (TPSA) is 24.5 Å². The number of anilines is 1. The van der Waals surface area contributed by atoms with Crippen LogP contribution in [0.1, 0.15) is 25.8 Å². The molecule has 0 amide bonds. The Labute approximate surface area is 123 Å². The van der Waals surface area contributed by atoms with Gasteiger partial charge in [-0.2, -0.15) is 0 Å². The second-order valence-electron chi connectivity index (χ2n) is 5.94. The van der Waals surface area contributed by atoms with Gasteiger partial charge in [-0.3, -0.25) is 0 Å². The minimum Gasteiger partial charge on any atom is -0.381 e. The van der Waals surface area contributed by atoms with Gasteiger partial charge in [-0.15, -0.1) is 0 Å². The van der Waals surface area contributed by atoms with Gasteiger partial charge in [0.25, 0.3) is 0 Å². The van der Waals surface area contributed by atoms with Gasteiger partial charge >= 0.3 is 0 Å². The fourth-order valence-electron chi connectivity index (χ4n) is 2.97. The van der Waals surface area contributed by atoms with E-state index in [4.69, 9.17) is 4.74 Å². The zero-order valence-electron chi connectivity index (χ0n) is 13.1. The highest BCUT2D eigenvalue weighted by Gasteiger charge is 2.36. The fourth-order valence-corrected chi connectivity index (χ4v) is 2.97. The summed E-state index contributed by atoms with van der Waals surface area (Å²) >= 11 is 0. The number of nitrogens with zero attached hydrogens (tertiary/aromatic N) is 1. The first-order valence-corrected chi connectivity index (χ1v) is 7.79. The number of hydrogen-bond donors (Lipinski definition) is 1. The predicted octanol–water partition coefficient (Wildman–Crippen LogP) is 2.84. The van der Waals surface area contributed by atoms with Gasteiger partial charge < -0.3 is 15.0 Å². The summed E-state index contributed by atoms with van der Waals surface area (Å²) in [5.74, 6) is 0. The molecule has 3 heteroatoms. The van der Waals surface area contributed by atoms with Crippen LogP contribution in [0.15, 0.2) is 24.3 Å². The fraction of sp³-hybridized carbons (Fsp3) is 0.647. The maximum atomic E-state index is 5.70. The molecule has 0 spiro atoms. The van der Waals surface area contributed by atoms with Gasteiger partial charge in [0.2, 0.25) is 0 Å². The van der Waals surface area contributed by atoms with Crippen LogP contribution in [0.4, 0.5) is 5.69 Å². The molecule has 0 bridgehead atoms. The van der Waals surface area contributed by atoms with Crippen LogP contribution in [-0.4, -0.2) is 39.4 Å². The molecule has 1 N–H and O–H groups in total. The molecule has 112 valence electrons. The van der Waals surface area contributed by atoms with Gasteiger partial charge in [0, 0.05) is 37.3 Å². The number of aryl methyl sites for hydroxylation is 1. The summed E-state index contributed by atoms with van der Waals surface area (Å²) in [7, 11) is 0. The van der Waals surface area contributed by atoms with E-state index in [-0.39, 0.29) is 5.41 Å². The highest BCUT2D eigenvalue weighted by molar-refractivity contribution is 5.48. The summed E-state index contributed by atoms with van der Waals surface area (Å²) in [6.45, 7) is 12.5. The minimum atomic E-state index is 0.260. The normalized spacial score (nSPS) is 22.1. The Bertz CT molecular complexity index is 413. The number of benzene rings is 1. The average molecular weight is 276 g/mol. The molecule has 20 heavy (non-hydrogen) atoms. The third-order valence-corrected chi connectivity index (χ3v) is 4.21. The molecular formula is C17H28N2O. The Morgan fingerprint density at radius 2 is 2.20 bits per heavy atom. The van der Waals surface area contributed by atoms with Gasteiger partial charge in [-0.25, -0.2) is 0 Å². The Hall–Kier alpha value is -1.06.